The van der Waals surface area contributed by atoms with Crippen LogP contribution in [0.15, 0.2) is 24.5 Å². The molecule has 11 nitrogen and oxygen atoms in total. The van der Waals surface area contributed by atoms with Crippen LogP contribution in [0.4, 0.5) is 10.6 Å². The summed E-state index contributed by atoms with van der Waals surface area (Å²) in [5, 5.41) is 34.9. The number of nitrogens with zero attached hydrogens (tertiary/aromatic N) is 5. The van der Waals surface area contributed by atoms with E-state index in [1.54, 1.807) is 31.5 Å². The average Bonchev–Trinajstić information content (AvgIpc) is 3.23. The number of amidine groups is 1. The first-order chi connectivity index (χ1) is 18.6. The molecule has 2 saturated carbocycles. The minimum atomic E-state index is -1.45. The van der Waals surface area contributed by atoms with Crippen molar-refractivity contribution in [3.8, 4) is 0 Å². The van der Waals surface area contributed by atoms with Crippen molar-refractivity contribution in [2.75, 3.05) is 5.32 Å². The predicted octanol–water partition coefficient (Wildman–Crippen LogP) is 4.50. The molecule has 0 aliphatic heterocycles. The van der Waals surface area contributed by atoms with Crippen LogP contribution in [0.3, 0.4) is 0 Å². The van der Waals surface area contributed by atoms with Crippen molar-refractivity contribution >= 4 is 28.9 Å². The van der Waals surface area contributed by atoms with Gasteiger partial charge < -0.3 is 20.1 Å². The molecule has 2 aliphatic rings. The van der Waals surface area contributed by atoms with Crippen molar-refractivity contribution in [3.05, 3.63) is 41.7 Å². The first-order valence-electron chi connectivity index (χ1n) is 13.9. The fourth-order valence-electron chi connectivity index (χ4n) is 5.81. The molecule has 3 aromatic heterocycles. The van der Waals surface area contributed by atoms with Gasteiger partial charge in [0.2, 0.25) is 0 Å². The molecule has 0 bridgehead atoms. The van der Waals surface area contributed by atoms with E-state index in [2.05, 4.69) is 39.4 Å². The van der Waals surface area contributed by atoms with Gasteiger partial charge in [-0.3, -0.25) is 15.7 Å². The van der Waals surface area contributed by atoms with Crippen molar-refractivity contribution < 1.29 is 15.0 Å². The molecule has 3 aromatic rings. The van der Waals surface area contributed by atoms with E-state index in [0.717, 1.165) is 38.5 Å². The minimum absolute atomic E-state index is 0.0699. The molecule has 11 heteroatoms. The average molecular weight is 535 g/mol. The molecule has 2 fully saturated rings. The van der Waals surface area contributed by atoms with Crippen molar-refractivity contribution in [2.45, 2.75) is 83.9 Å². The Morgan fingerprint density at radius 2 is 1.85 bits per heavy atom. The number of carboxylic acid groups (broad SMARTS) is 1. The topological polar surface area (TPSA) is 162 Å². The summed E-state index contributed by atoms with van der Waals surface area (Å²) in [5.41, 5.74) is 0.178. The summed E-state index contributed by atoms with van der Waals surface area (Å²) in [7, 11) is 0. The molecule has 0 saturated heterocycles. The predicted molar refractivity (Wildman–Crippen MR) is 148 cm³/mol. The standard InChI is InChI=1S/C28H38N8O3/c1-16-7-9-18(10-8-16)15-36-21-23(31-17(2)19-5-4-6-19)33-25(22(29)32-27(37)38)34-24(21)35-26(36)28(3,39)20-11-13-30-14-12-20/h11-14,16-19,39H,4-10,15H2,1-3H3,(H2,29,32)(H,37,38)(H,31,33,34)/t16-,17-,18-,28?/m1/s1. The van der Waals surface area contributed by atoms with Crippen LogP contribution in [0.5, 0.6) is 0 Å². The second-order valence-corrected chi connectivity index (χ2v) is 11.5. The molecule has 2 atom stereocenters. The third kappa shape index (κ3) is 5.59. The summed E-state index contributed by atoms with van der Waals surface area (Å²) in [6.45, 7) is 6.78. The number of rotatable bonds is 8. The van der Waals surface area contributed by atoms with Crippen LogP contribution in [0.25, 0.3) is 11.2 Å². The third-order valence-electron chi connectivity index (χ3n) is 8.53. The summed E-state index contributed by atoms with van der Waals surface area (Å²) < 4.78 is 2.05. The number of carbonyl (C=O) groups is 1. The first-order valence-corrected chi connectivity index (χ1v) is 13.9. The number of hydrogen-bond donors (Lipinski definition) is 5. The van der Waals surface area contributed by atoms with Crippen LogP contribution in [-0.2, 0) is 12.1 Å². The fourth-order valence-corrected chi connectivity index (χ4v) is 5.81. The number of aromatic nitrogens is 5. The van der Waals surface area contributed by atoms with E-state index in [1.165, 1.54) is 6.42 Å². The highest BCUT2D eigenvalue weighted by Gasteiger charge is 2.35. The van der Waals surface area contributed by atoms with Gasteiger partial charge in [0.25, 0.3) is 0 Å². The summed E-state index contributed by atoms with van der Waals surface area (Å²) in [5.74, 6) is 2.06. The third-order valence-corrected chi connectivity index (χ3v) is 8.53. The number of nitrogens with one attached hydrogen (secondary N) is 3. The molecule has 0 spiro atoms. The summed E-state index contributed by atoms with van der Waals surface area (Å²) in [4.78, 5) is 29.4. The second kappa shape index (κ2) is 10.9. The molecule has 3 heterocycles. The molecule has 5 rings (SSSR count). The Hall–Kier alpha value is -3.60. The normalized spacial score (nSPS) is 22.1. The fraction of sp³-hybridized carbons (Fsp3) is 0.571. The molecule has 5 N–H and O–H groups in total. The lowest BCUT2D eigenvalue weighted by molar-refractivity contribution is 0.0865. The van der Waals surface area contributed by atoms with Gasteiger partial charge in [-0.15, -0.1) is 0 Å². The maximum absolute atomic E-state index is 11.9. The molecule has 39 heavy (non-hydrogen) atoms. The van der Waals surface area contributed by atoms with E-state index in [0.29, 0.717) is 52.7 Å². The molecule has 208 valence electrons. The molecular formula is C28H38N8O3. The molecule has 0 radical (unpaired) electrons. The van der Waals surface area contributed by atoms with Gasteiger partial charge in [0.1, 0.15) is 16.9 Å². The maximum Gasteiger partial charge on any atom is 0.410 e. The Morgan fingerprint density at radius 1 is 1.15 bits per heavy atom. The summed E-state index contributed by atoms with van der Waals surface area (Å²) in [6.07, 6.45) is 9.89. The zero-order valence-corrected chi connectivity index (χ0v) is 22.8. The minimum Gasteiger partial charge on any atom is -0.465 e. The number of fused-ring (bicyclic) bond motifs is 1. The van der Waals surface area contributed by atoms with Gasteiger partial charge in [0.05, 0.1) is 0 Å². The van der Waals surface area contributed by atoms with Crippen LogP contribution in [-0.4, -0.2) is 52.7 Å². The van der Waals surface area contributed by atoms with Gasteiger partial charge in [0.15, 0.2) is 23.1 Å². The molecule has 2 aliphatic carbocycles. The van der Waals surface area contributed by atoms with E-state index >= 15 is 0 Å². The number of pyridine rings is 1. The van der Waals surface area contributed by atoms with Crippen LogP contribution in [0.2, 0.25) is 0 Å². The molecule has 0 aromatic carbocycles. The maximum atomic E-state index is 11.9. The highest BCUT2D eigenvalue weighted by molar-refractivity contribution is 6.03. The zero-order chi connectivity index (χ0) is 27.7. The van der Waals surface area contributed by atoms with Crippen LogP contribution >= 0.6 is 0 Å². The summed E-state index contributed by atoms with van der Waals surface area (Å²) >= 11 is 0. The first kappa shape index (κ1) is 27.0. The monoisotopic (exact) mass is 534 g/mol. The Labute approximate surface area is 228 Å². The van der Waals surface area contributed by atoms with E-state index in [-0.39, 0.29) is 11.9 Å². The number of imidazole rings is 1. The van der Waals surface area contributed by atoms with Gasteiger partial charge in [0, 0.05) is 25.0 Å². The van der Waals surface area contributed by atoms with Crippen LogP contribution in [0, 0.1) is 23.2 Å². The van der Waals surface area contributed by atoms with Crippen molar-refractivity contribution in [1.82, 2.24) is 29.8 Å². The lowest BCUT2D eigenvalue weighted by atomic mass is 9.80. The largest absolute Gasteiger partial charge is 0.465 e. The van der Waals surface area contributed by atoms with E-state index in [9.17, 15) is 15.0 Å². The number of aliphatic hydroxyl groups is 1. The quantitative estimate of drug-likeness (QED) is 0.208. The Kier molecular flexibility index (Phi) is 7.53. The Balaban J connectivity index is 1.67. The van der Waals surface area contributed by atoms with Crippen molar-refractivity contribution in [2.24, 2.45) is 17.8 Å². The van der Waals surface area contributed by atoms with Gasteiger partial charge in [-0.25, -0.2) is 19.7 Å². The van der Waals surface area contributed by atoms with Gasteiger partial charge in [-0.05, 0) is 75.0 Å². The molecular weight excluding hydrogens is 496 g/mol. The molecule has 1 unspecified atom stereocenters. The highest BCUT2D eigenvalue weighted by atomic mass is 16.4. The van der Waals surface area contributed by atoms with Crippen molar-refractivity contribution in [1.29, 1.82) is 5.41 Å². The van der Waals surface area contributed by atoms with Crippen molar-refractivity contribution in [3.63, 3.8) is 0 Å². The highest BCUT2D eigenvalue weighted by Crippen LogP contribution is 2.37. The Bertz CT molecular complexity index is 1340. The van der Waals surface area contributed by atoms with Gasteiger partial charge in [-0.2, -0.15) is 0 Å². The number of hydrogen-bond acceptors (Lipinski definition) is 8. The van der Waals surface area contributed by atoms with Gasteiger partial charge >= 0.3 is 6.09 Å². The molecule has 1 amide bonds. The number of anilines is 1. The lowest BCUT2D eigenvalue weighted by Crippen LogP contribution is -2.33. The van der Waals surface area contributed by atoms with Crippen LogP contribution < -0.4 is 10.6 Å². The smallest absolute Gasteiger partial charge is 0.410 e. The van der Waals surface area contributed by atoms with Crippen LogP contribution in [0.1, 0.15) is 82.9 Å². The Morgan fingerprint density at radius 3 is 2.46 bits per heavy atom. The van der Waals surface area contributed by atoms with E-state index < -0.39 is 17.5 Å². The van der Waals surface area contributed by atoms with E-state index in [4.69, 9.17) is 10.4 Å². The summed E-state index contributed by atoms with van der Waals surface area (Å²) in [6, 6.07) is 3.66. The second-order valence-electron chi connectivity index (χ2n) is 11.5. The van der Waals surface area contributed by atoms with E-state index in [1.807, 2.05) is 4.57 Å². The zero-order valence-electron chi connectivity index (χ0n) is 22.8. The van der Waals surface area contributed by atoms with Gasteiger partial charge in [-0.1, -0.05) is 26.2 Å². The lowest BCUT2D eigenvalue weighted by Gasteiger charge is -2.33. The number of amides is 1. The SMILES string of the molecule is C[C@@H](Nc1nc(C(=N)NC(=O)O)nc2nc(C(C)(O)c3ccncc3)n(C[C@H]3CC[C@H](C)CC3)c12)C1CCC1.